The number of hydrogen-bond acceptors (Lipinski definition) is 8. The van der Waals surface area contributed by atoms with Gasteiger partial charge < -0.3 is 42.0 Å². The molecule has 0 heterocycles. The monoisotopic (exact) mass is 349 g/mol. The Balaban J connectivity index is 3.50. The van der Waals surface area contributed by atoms with Crippen LogP contribution in [0.25, 0.3) is 0 Å². The van der Waals surface area contributed by atoms with Gasteiger partial charge in [-0.2, -0.15) is 0 Å². The van der Waals surface area contributed by atoms with E-state index in [9.17, 15) is 14.4 Å². The van der Waals surface area contributed by atoms with Crippen LogP contribution in [0.5, 0.6) is 0 Å². The minimum atomic E-state index is -0.924. The molecule has 0 aliphatic carbocycles. The third-order valence-electron chi connectivity index (χ3n) is 2.68. The highest BCUT2D eigenvalue weighted by Crippen LogP contribution is 1.98. The first-order valence-electron chi connectivity index (χ1n) is 7.64. The standard InChI is InChI=1S/C13H27N5O6/c14-4-2-1-3-10(15)9-24-13(21)18-6-8-23-12(20)17-5-7-22-11(16)19/h10H,1-9,14-15H2,(H2,16,19)(H,17,20)(H,18,21). The minimum Gasteiger partial charge on any atom is -0.448 e. The number of nitrogens with one attached hydrogen (secondary N) is 2. The fourth-order valence-corrected chi connectivity index (χ4v) is 1.52. The maximum absolute atomic E-state index is 11.4. The molecule has 0 spiro atoms. The van der Waals surface area contributed by atoms with Crippen LogP contribution in [0.4, 0.5) is 14.4 Å². The van der Waals surface area contributed by atoms with Gasteiger partial charge in [0.2, 0.25) is 0 Å². The number of unbranched alkanes of at least 4 members (excludes halogenated alkanes) is 1. The zero-order valence-electron chi connectivity index (χ0n) is 13.6. The van der Waals surface area contributed by atoms with Gasteiger partial charge in [0, 0.05) is 6.04 Å². The Morgan fingerprint density at radius 3 is 2.08 bits per heavy atom. The zero-order valence-corrected chi connectivity index (χ0v) is 13.6. The van der Waals surface area contributed by atoms with Crippen LogP contribution in [0, 0.1) is 0 Å². The van der Waals surface area contributed by atoms with Crippen molar-refractivity contribution in [2.45, 2.75) is 25.3 Å². The lowest BCUT2D eigenvalue weighted by Crippen LogP contribution is -2.35. The van der Waals surface area contributed by atoms with Crippen LogP contribution < -0.4 is 27.8 Å². The zero-order chi connectivity index (χ0) is 18.2. The van der Waals surface area contributed by atoms with E-state index in [1.165, 1.54) is 0 Å². The molecule has 0 rings (SSSR count). The number of carbonyl (C=O) groups excluding carboxylic acids is 3. The number of hydrogen-bond donors (Lipinski definition) is 5. The third-order valence-corrected chi connectivity index (χ3v) is 2.68. The van der Waals surface area contributed by atoms with E-state index >= 15 is 0 Å². The molecule has 0 saturated heterocycles. The van der Waals surface area contributed by atoms with Crippen LogP contribution in [0.3, 0.4) is 0 Å². The van der Waals surface area contributed by atoms with Gasteiger partial charge in [-0.25, -0.2) is 14.4 Å². The highest BCUT2D eigenvalue weighted by Gasteiger charge is 2.07. The van der Waals surface area contributed by atoms with Crippen LogP contribution in [0.1, 0.15) is 19.3 Å². The first-order valence-corrected chi connectivity index (χ1v) is 7.64. The number of rotatable bonds is 12. The minimum absolute atomic E-state index is 0.0415. The molecule has 0 fully saturated rings. The number of alkyl carbamates (subject to hydrolysis) is 2. The average Bonchev–Trinajstić information content (AvgIpc) is 2.54. The molecule has 0 aromatic rings. The molecule has 0 aliphatic heterocycles. The summed E-state index contributed by atoms with van der Waals surface area (Å²) in [5, 5.41) is 4.74. The molecule has 0 radical (unpaired) electrons. The van der Waals surface area contributed by atoms with E-state index < -0.39 is 18.3 Å². The van der Waals surface area contributed by atoms with E-state index in [0.29, 0.717) is 6.54 Å². The summed E-state index contributed by atoms with van der Waals surface area (Å²) in [7, 11) is 0. The first kappa shape index (κ1) is 21.7. The number of amides is 3. The lowest BCUT2D eigenvalue weighted by Gasteiger charge is -2.12. The number of carbonyl (C=O) groups is 3. The van der Waals surface area contributed by atoms with Crippen molar-refractivity contribution in [2.75, 3.05) is 39.5 Å². The fourth-order valence-electron chi connectivity index (χ4n) is 1.52. The second-order valence-electron chi connectivity index (χ2n) is 4.80. The van der Waals surface area contributed by atoms with E-state index in [1.807, 2.05) is 0 Å². The van der Waals surface area contributed by atoms with Crippen LogP contribution >= 0.6 is 0 Å². The molecule has 0 aromatic heterocycles. The lowest BCUT2D eigenvalue weighted by atomic mass is 10.1. The lowest BCUT2D eigenvalue weighted by molar-refractivity contribution is 0.125. The van der Waals surface area contributed by atoms with Crippen molar-refractivity contribution in [2.24, 2.45) is 17.2 Å². The predicted molar refractivity (Wildman–Crippen MR) is 85.1 cm³/mol. The summed E-state index contributed by atoms with van der Waals surface area (Å²) in [6, 6.07) is -0.230. The van der Waals surface area contributed by atoms with Gasteiger partial charge in [-0.1, -0.05) is 6.42 Å². The van der Waals surface area contributed by atoms with Gasteiger partial charge in [-0.3, -0.25) is 0 Å². The summed E-state index contributed by atoms with van der Waals surface area (Å²) in [4.78, 5) is 32.8. The fraction of sp³-hybridized carbons (Fsp3) is 0.769. The van der Waals surface area contributed by atoms with Crippen molar-refractivity contribution in [3.63, 3.8) is 0 Å². The highest BCUT2D eigenvalue weighted by molar-refractivity contribution is 5.68. The molecule has 0 saturated carbocycles. The van der Waals surface area contributed by atoms with Gasteiger partial charge in [0.25, 0.3) is 0 Å². The van der Waals surface area contributed by atoms with Crippen molar-refractivity contribution in [1.29, 1.82) is 0 Å². The molecular formula is C13H27N5O6. The van der Waals surface area contributed by atoms with Gasteiger partial charge in [0.15, 0.2) is 0 Å². The summed E-state index contributed by atoms with van der Waals surface area (Å²) >= 11 is 0. The molecular weight excluding hydrogens is 322 g/mol. The van der Waals surface area contributed by atoms with Crippen molar-refractivity contribution in [1.82, 2.24) is 10.6 Å². The first-order chi connectivity index (χ1) is 11.5. The van der Waals surface area contributed by atoms with Crippen molar-refractivity contribution < 1.29 is 28.6 Å². The largest absolute Gasteiger partial charge is 0.448 e. The van der Waals surface area contributed by atoms with Crippen LogP contribution in [-0.2, 0) is 14.2 Å². The molecule has 1 unspecified atom stereocenters. The van der Waals surface area contributed by atoms with Crippen molar-refractivity contribution in [3.05, 3.63) is 0 Å². The van der Waals surface area contributed by atoms with Crippen molar-refractivity contribution in [3.8, 4) is 0 Å². The van der Waals surface area contributed by atoms with E-state index in [0.717, 1.165) is 19.3 Å². The van der Waals surface area contributed by atoms with Gasteiger partial charge in [0.1, 0.15) is 19.8 Å². The average molecular weight is 349 g/mol. The predicted octanol–water partition coefficient (Wildman–Crippen LogP) is -1.01. The second-order valence-corrected chi connectivity index (χ2v) is 4.80. The smallest absolute Gasteiger partial charge is 0.407 e. The summed E-state index contributed by atoms with van der Waals surface area (Å²) in [5.41, 5.74) is 15.9. The number of ether oxygens (including phenoxy) is 3. The third kappa shape index (κ3) is 14.7. The molecule has 3 amide bonds. The Hall–Kier alpha value is -2.27. The topological polar surface area (TPSA) is 181 Å². The van der Waals surface area contributed by atoms with Crippen molar-refractivity contribution >= 4 is 18.3 Å². The molecule has 140 valence electrons. The van der Waals surface area contributed by atoms with Crippen LogP contribution in [-0.4, -0.2) is 63.8 Å². The molecule has 0 aliphatic rings. The maximum Gasteiger partial charge on any atom is 0.407 e. The molecule has 0 bridgehead atoms. The van der Waals surface area contributed by atoms with E-state index in [2.05, 4.69) is 15.4 Å². The Kier molecular flexibility index (Phi) is 13.0. The Morgan fingerprint density at radius 2 is 1.50 bits per heavy atom. The molecule has 0 aromatic carbocycles. The van der Waals surface area contributed by atoms with E-state index in [4.69, 9.17) is 26.7 Å². The number of primary amides is 1. The molecule has 11 heteroatoms. The SMILES string of the molecule is NCCCCC(N)COC(=O)NCCOC(=O)NCCOC(N)=O. The molecule has 11 nitrogen and oxygen atoms in total. The number of nitrogens with two attached hydrogens (primary N) is 3. The normalized spacial score (nSPS) is 11.2. The highest BCUT2D eigenvalue weighted by atomic mass is 16.6. The van der Waals surface area contributed by atoms with Crippen LogP contribution in [0.15, 0.2) is 0 Å². The summed E-state index contributed by atoms with van der Waals surface area (Å²) in [6.45, 7) is 0.782. The molecule has 8 N–H and O–H groups in total. The van der Waals surface area contributed by atoms with E-state index in [-0.39, 0.29) is 39.0 Å². The summed E-state index contributed by atoms with van der Waals surface area (Å²) in [5.74, 6) is 0. The Morgan fingerprint density at radius 1 is 0.917 bits per heavy atom. The summed E-state index contributed by atoms with van der Waals surface area (Å²) in [6.07, 6.45) is 0.229. The Bertz CT molecular complexity index is 382. The van der Waals surface area contributed by atoms with E-state index in [1.54, 1.807) is 0 Å². The van der Waals surface area contributed by atoms with Gasteiger partial charge in [-0.05, 0) is 19.4 Å². The van der Waals surface area contributed by atoms with Crippen LogP contribution in [0.2, 0.25) is 0 Å². The van der Waals surface area contributed by atoms with Gasteiger partial charge in [0.05, 0.1) is 13.1 Å². The quantitative estimate of drug-likeness (QED) is 0.219. The van der Waals surface area contributed by atoms with Gasteiger partial charge >= 0.3 is 18.3 Å². The van der Waals surface area contributed by atoms with Gasteiger partial charge in [-0.15, -0.1) is 0 Å². The molecule has 1 atom stereocenters. The summed E-state index contributed by atoms with van der Waals surface area (Å²) < 4.78 is 14.1. The molecule has 24 heavy (non-hydrogen) atoms. The maximum atomic E-state index is 11.4. The Labute approximate surface area is 140 Å². The second kappa shape index (κ2) is 14.3.